The number of rotatable bonds is 4. The molecular weight excluding hydrogens is 315 g/mol. The van der Waals surface area contributed by atoms with Gasteiger partial charge in [-0.05, 0) is 32.0 Å². The van der Waals surface area contributed by atoms with Crippen LogP contribution in [0.4, 0.5) is 10.1 Å². The molecule has 1 amide bonds. The number of nitrogens with zero attached hydrogens (tertiary/aromatic N) is 3. The Morgan fingerprint density at radius 3 is 2.76 bits per heavy atom. The number of carbonyl (C=O) groups excluding carboxylic acids is 1. The first-order valence-electron chi connectivity index (χ1n) is 6.17. The molecule has 0 saturated carbocycles. The van der Waals surface area contributed by atoms with Crippen molar-refractivity contribution >= 4 is 35.0 Å². The highest BCUT2D eigenvalue weighted by molar-refractivity contribution is 8.00. The summed E-state index contributed by atoms with van der Waals surface area (Å²) < 4.78 is 15.4. The van der Waals surface area contributed by atoms with Gasteiger partial charge in [0.2, 0.25) is 5.91 Å². The Bertz CT molecular complexity index is 676. The maximum atomic E-state index is 13.6. The van der Waals surface area contributed by atoms with Gasteiger partial charge in [0.15, 0.2) is 5.16 Å². The molecule has 0 aliphatic heterocycles. The third kappa shape index (κ3) is 3.74. The molecule has 1 aromatic heterocycles. The number of carbonyl (C=O) groups is 1. The maximum Gasteiger partial charge on any atom is 0.237 e. The first-order chi connectivity index (χ1) is 9.88. The van der Waals surface area contributed by atoms with Gasteiger partial charge in [0.25, 0.3) is 0 Å². The number of anilines is 1. The van der Waals surface area contributed by atoms with E-state index in [1.807, 2.05) is 14.0 Å². The van der Waals surface area contributed by atoms with Crippen LogP contribution < -0.4 is 5.32 Å². The number of aryl methyl sites for hydroxylation is 1. The standard InChI is InChI=1S/C13H14ClFN4OS/c1-7(21-13-18-17-8(2)19(13)3)12(20)16-11-5-4-9(14)6-10(11)15/h4-7H,1-3H3,(H,16,20)/t7-/m0/s1. The van der Waals surface area contributed by atoms with Crippen molar-refractivity contribution in [1.29, 1.82) is 0 Å². The zero-order chi connectivity index (χ0) is 15.6. The molecule has 0 bridgehead atoms. The zero-order valence-corrected chi connectivity index (χ0v) is 13.3. The smallest absolute Gasteiger partial charge is 0.237 e. The highest BCUT2D eigenvalue weighted by atomic mass is 35.5. The fourth-order valence-electron chi connectivity index (χ4n) is 1.53. The molecule has 21 heavy (non-hydrogen) atoms. The first-order valence-corrected chi connectivity index (χ1v) is 7.43. The van der Waals surface area contributed by atoms with Gasteiger partial charge < -0.3 is 9.88 Å². The summed E-state index contributed by atoms with van der Waals surface area (Å²) in [5.74, 6) is -0.127. The fraction of sp³-hybridized carbons (Fsp3) is 0.308. The van der Waals surface area contributed by atoms with E-state index in [2.05, 4.69) is 15.5 Å². The molecule has 2 aromatic rings. The van der Waals surface area contributed by atoms with Crippen molar-refractivity contribution in [2.75, 3.05) is 5.32 Å². The molecule has 0 spiro atoms. The quantitative estimate of drug-likeness (QED) is 0.876. The molecule has 0 saturated heterocycles. The lowest BCUT2D eigenvalue weighted by Gasteiger charge is -2.12. The summed E-state index contributed by atoms with van der Waals surface area (Å²) in [5, 5.41) is 10.9. The van der Waals surface area contributed by atoms with Crippen LogP contribution >= 0.6 is 23.4 Å². The SMILES string of the molecule is Cc1nnc(S[C@@H](C)C(=O)Nc2ccc(Cl)cc2F)n1C. The molecule has 5 nitrogen and oxygen atoms in total. The number of hydrogen-bond acceptors (Lipinski definition) is 4. The van der Waals surface area contributed by atoms with Gasteiger partial charge >= 0.3 is 0 Å². The molecule has 112 valence electrons. The average molecular weight is 329 g/mol. The number of thioether (sulfide) groups is 1. The first kappa shape index (κ1) is 15.8. The van der Waals surface area contributed by atoms with E-state index in [1.165, 1.54) is 23.9 Å². The lowest BCUT2D eigenvalue weighted by Crippen LogP contribution is -2.23. The van der Waals surface area contributed by atoms with Crippen LogP contribution in [-0.4, -0.2) is 25.9 Å². The topological polar surface area (TPSA) is 59.8 Å². The van der Waals surface area contributed by atoms with Crippen molar-refractivity contribution in [1.82, 2.24) is 14.8 Å². The fourth-order valence-corrected chi connectivity index (χ4v) is 2.55. The molecule has 8 heteroatoms. The lowest BCUT2D eigenvalue weighted by molar-refractivity contribution is -0.115. The number of hydrogen-bond donors (Lipinski definition) is 1. The summed E-state index contributed by atoms with van der Waals surface area (Å²) in [7, 11) is 1.82. The van der Waals surface area contributed by atoms with Crippen LogP contribution in [0.2, 0.25) is 5.02 Å². The van der Waals surface area contributed by atoms with Crippen LogP contribution in [0.15, 0.2) is 23.4 Å². The van der Waals surface area contributed by atoms with Gasteiger partial charge in [0, 0.05) is 12.1 Å². The van der Waals surface area contributed by atoms with E-state index in [1.54, 1.807) is 11.5 Å². The maximum absolute atomic E-state index is 13.6. The second kappa shape index (κ2) is 6.44. The summed E-state index contributed by atoms with van der Waals surface area (Å²) in [5.41, 5.74) is 0.103. The van der Waals surface area contributed by atoms with Crippen LogP contribution in [0, 0.1) is 12.7 Å². The third-order valence-corrected chi connectivity index (χ3v) is 4.26. The largest absolute Gasteiger partial charge is 0.323 e. The monoisotopic (exact) mass is 328 g/mol. The number of amides is 1. The minimum atomic E-state index is -0.567. The van der Waals surface area contributed by atoms with Gasteiger partial charge in [-0.25, -0.2) is 4.39 Å². The number of benzene rings is 1. The molecule has 0 aliphatic carbocycles. The minimum absolute atomic E-state index is 0.103. The van der Waals surface area contributed by atoms with E-state index in [0.717, 1.165) is 11.9 Å². The Balaban J connectivity index is 2.04. The molecule has 0 aliphatic rings. The van der Waals surface area contributed by atoms with Gasteiger partial charge in [-0.3, -0.25) is 4.79 Å². The number of aromatic nitrogens is 3. The second-order valence-electron chi connectivity index (χ2n) is 4.46. The highest BCUT2D eigenvalue weighted by Gasteiger charge is 2.19. The molecule has 2 rings (SSSR count). The predicted molar refractivity (Wildman–Crippen MR) is 81.1 cm³/mol. The van der Waals surface area contributed by atoms with Crippen LogP contribution in [-0.2, 0) is 11.8 Å². The molecular formula is C13H14ClFN4OS. The van der Waals surface area contributed by atoms with E-state index >= 15 is 0 Å². The van der Waals surface area contributed by atoms with Gasteiger partial charge in [0.05, 0.1) is 10.9 Å². The molecule has 0 unspecified atom stereocenters. The van der Waals surface area contributed by atoms with Gasteiger partial charge in [-0.2, -0.15) is 0 Å². The molecule has 1 N–H and O–H groups in total. The van der Waals surface area contributed by atoms with Crippen molar-refractivity contribution in [3.05, 3.63) is 34.9 Å². The van der Waals surface area contributed by atoms with E-state index in [-0.39, 0.29) is 16.6 Å². The van der Waals surface area contributed by atoms with E-state index < -0.39 is 11.1 Å². The summed E-state index contributed by atoms with van der Waals surface area (Å²) in [6.07, 6.45) is 0. The van der Waals surface area contributed by atoms with Crippen LogP contribution in [0.3, 0.4) is 0 Å². The van der Waals surface area contributed by atoms with Crippen LogP contribution in [0.25, 0.3) is 0 Å². The Morgan fingerprint density at radius 2 is 2.19 bits per heavy atom. The zero-order valence-electron chi connectivity index (χ0n) is 11.7. The summed E-state index contributed by atoms with van der Waals surface area (Å²) in [6, 6.07) is 4.10. The van der Waals surface area contributed by atoms with Crippen LogP contribution in [0.5, 0.6) is 0 Å². The highest BCUT2D eigenvalue weighted by Crippen LogP contribution is 2.24. The predicted octanol–water partition coefficient (Wildman–Crippen LogP) is 3.04. The Hall–Kier alpha value is -1.60. The van der Waals surface area contributed by atoms with Crippen molar-refractivity contribution in [2.45, 2.75) is 24.3 Å². The molecule has 1 aromatic carbocycles. The summed E-state index contributed by atoms with van der Waals surface area (Å²) in [4.78, 5) is 12.1. The summed E-state index contributed by atoms with van der Waals surface area (Å²) >= 11 is 6.92. The van der Waals surface area contributed by atoms with Gasteiger partial charge in [-0.15, -0.1) is 10.2 Å². The van der Waals surface area contributed by atoms with E-state index in [9.17, 15) is 9.18 Å². The average Bonchev–Trinajstić information content (AvgIpc) is 2.73. The number of halogens is 2. The molecule has 1 atom stereocenters. The van der Waals surface area contributed by atoms with E-state index in [4.69, 9.17) is 11.6 Å². The lowest BCUT2D eigenvalue weighted by atomic mass is 10.3. The van der Waals surface area contributed by atoms with Crippen molar-refractivity contribution in [3.63, 3.8) is 0 Å². The Kier molecular flexibility index (Phi) is 4.84. The molecule has 0 radical (unpaired) electrons. The second-order valence-corrected chi connectivity index (χ2v) is 6.21. The minimum Gasteiger partial charge on any atom is -0.323 e. The Morgan fingerprint density at radius 1 is 1.48 bits per heavy atom. The third-order valence-electron chi connectivity index (χ3n) is 2.89. The van der Waals surface area contributed by atoms with Crippen molar-refractivity contribution in [2.24, 2.45) is 7.05 Å². The van der Waals surface area contributed by atoms with Crippen molar-refractivity contribution in [3.8, 4) is 0 Å². The van der Waals surface area contributed by atoms with Gasteiger partial charge in [0.1, 0.15) is 11.6 Å². The molecule has 1 heterocycles. The number of nitrogens with one attached hydrogen (secondary N) is 1. The van der Waals surface area contributed by atoms with Gasteiger partial charge in [-0.1, -0.05) is 23.4 Å². The van der Waals surface area contributed by atoms with Crippen molar-refractivity contribution < 1.29 is 9.18 Å². The molecule has 0 fully saturated rings. The Labute approximate surface area is 130 Å². The summed E-state index contributed by atoms with van der Waals surface area (Å²) in [6.45, 7) is 3.54. The van der Waals surface area contributed by atoms with Crippen LogP contribution in [0.1, 0.15) is 12.7 Å². The van der Waals surface area contributed by atoms with E-state index in [0.29, 0.717) is 5.16 Å². The normalized spacial score (nSPS) is 12.2.